The van der Waals surface area contributed by atoms with Crippen molar-refractivity contribution in [1.82, 2.24) is 19.7 Å². The highest BCUT2D eigenvalue weighted by Gasteiger charge is 2.34. The molecule has 1 unspecified atom stereocenters. The number of carbonyl (C=O) groups is 2. The molecule has 2 aliphatic heterocycles. The molecule has 3 amide bonds. The number of aromatic nitrogens is 2. The van der Waals surface area contributed by atoms with E-state index in [2.05, 4.69) is 10.4 Å². The second-order valence-electron chi connectivity index (χ2n) is 7.18. The van der Waals surface area contributed by atoms with Gasteiger partial charge in [0.2, 0.25) is 0 Å². The third-order valence-corrected chi connectivity index (χ3v) is 5.26. The van der Waals surface area contributed by atoms with Crippen LogP contribution in [0.4, 0.5) is 14.9 Å². The SMILES string of the molecule is CC1CN(O)C(=O)c2c3c(nn2C1)CCN(C(=O)Nc1ccc(F)c(Cl)c1)C3. The Bertz CT molecular complexity index is 963. The molecule has 2 aliphatic rings. The minimum atomic E-state index is -0.564. The number of carbonyl (C=O) groups excluding carboxylic acids is 2. The van der Waals surface area contributed by atoms with Gasteiger partial charge in [-0.25, -0.2) is 14.2 Å². The summed E-state index contributed by atoms with van der Waals surface area (Å²) < 4.78 is 14.9. The van der Waals surface area contributed by atoms with Crippen molar-refractivity contribution in [3.05, 3.63) is 46.0 Å². The smallest absolute Gasteiger partial charge is 0.320 e. The molecule has 0 saturated heterocycles. The number of hydrogen-bond acceptors (Lipinski definition) is 4. The largest absolute Gasteiger partial charge is 0.322 e. The Hall–Kier alpha value is -2.65. The predicted octanol–water partition coefficient (Wildman–Crippen LogP) is 2.75. The van der Waals surface area contributed by atoms with Crippen LogP contribution in [0.25, 0.3) is 0 Å². The Kier molecular flexibility index (Phi) is 4.72. The van der Waals surface area contributed by atoms with E-state index < -0.39 is 11.7 Å². The molecule has 2 N–H and O–H groups in total. The van der Waals surface area contributed by atoms with Gasteiger partial charge >= 0.3 is 6.03 Å². The molecule has 0 spiro atoms. The van der Waals surface area contributed by atoms with Crippen LogP contribution in [0.2, 0.25) is 5.02 Å². The Morgan fingerprint density at radius 2 is 2.18 bits per heavy atom. The molecule has 0 saturated carbocycles. The lowest BCUT2D eigenvalue weighted by molar-refractivity contribution is -0.0644. The lowest BCUT2D eigenvalue weighted by Crippen LogP contribution is -2.39. The van der Waals surface area contributed by atoms with Crippen molar-refractivity contribution < 1.29 is 19.2 Å². The highest BCUT2D eigenvalue weighted by Crippen LogP contribution is 2.27. The maximum absolute atomic E-state index is 13.3. The van der Waals surface area contributed by atoms with Crippen molar-refractivity contribution in [3.8, 4) is 0 Å². The van der Waals surface area contributed by atoms with Crippen molar-refractivity contribution >= 4 is 29.2 Å². The van der Waals surface area contributed by atoms with Crippen LogP contribution >= 0.6 is 11.6 Å². The molecular formula is C18H19ClFN5O3. The summed E-state index contributed by atoms with van der Waals surface area (Å²) in [6.07, 6.45) is 0.500. The number of urea groups is 1. The summed E-state index contributed by atoms with van der Waals surface area (Å²) in [7, 11) is 0. The van der Waals surface area contributed by atoms with E-state index in [1.54, 1.807) is 9.58 Å². The first-order valence-corrected chi connectivity index (χ1v) is 9.31. The standard InChI is InChI=1S/C18H19ClFN5O3/c1-10-7-24-16(17(26)25(28)8-10)12-9-23(5-4-15(12)22-24)18(27)21-11-2-3-14(20)13(19)6-11/h2-3,6,10,28H,4-5,7-9H2,1H3,(H,21,27). The van der Waals surface area contributed by atoms with Gasteiger partial charge in [0.1, 0.15) is 11.5 Å². The second kappa shape index (κ2) is 7.06. The van der Waals surface area contributed by atoms with Gasteiger partial charge in [-0.15, -0.1) is 0 Å². The molecule has 8 nitrogen and oxygen atoms in total. The second-order valence-corrected chi connectivity index (χ2v) is 7.59. The number of halogens is 2. The zero-order valence-corrected chi connectivity index (χ0v) is 15.9. The lowest BCUT2D eigenvalue weighted by Gasteiger charge is -2.27. The molecule has 1 aromatic heterocycles. The summed E-state index contributed by atoms with van der Waals surface area (Å²) >= 11 is 5.75. The van der Waals surface area contributed by atoms with E-state index in [1.165, 1.54) is 18.2 Å². The first kappa shape index (κ1) is 18.7. The fourth-order valence-corrected chi connectivity index (χ4v) is 3.78. The van der Waals surface area contributed by atoms with Gasteiger partial charge in [-0.1, -0.05) is 18.5 Å². The van der Waals surface area contributed by atoms with E-state index in [0.717, 1.165) is 5.69 Å². The summed E-state index contributed by atoms with van der Waals surface area (Å²) in [6, 6.07) is 3.56. The van der Waals surface area contributed by atoms with E-state index >= 15 is 0 Å². The zero-order chi connectivity index (χ0) is 20.0. The molecule has 1 atom stereocenters. The average molecular weight is 408 g/mol. The molecule has 0 aliphatic carbocycles. The Morgan fingerprint density at radius 1 is 1.39 bits per heavy atom. The number of rotatable bonds is 1. The fraction of sp³-hybridized carbons (Fsp3) is 0.389. The van der Waals surface area contributed by atoms with Gasteiger partial charge in [0.15, 0.2) is 0 Å². The van der Waals surface area contributed by atoms with Crippen LogP contribution in [-0.4, -0.2) is 50.0 Å². The predicted molar refractivity (Wildman–Crippen MR) is 98.8 cm³/mol. The molecule has 1 aromatic carbocycles. The highest BCUT2D eigenvalue weighted by molar-refractivity contribution is 6.31. The number of nitrogens with zero attached hydrogens (tertiary/aromatic N) is 4. The van der Waals surface area contributed by atoms with Crippen molar-refractivity contribution in [1.29, 1.82) is 0 Å². The van der Waals surface area contributed by atoms with Gasteiger partial charge < -0.3 is 10.2 Å². The quantitative estimate of drug-likeness (QED) is 0.711. The van der Waals surface area contributed by atoms with Crippen molar-refractivity contribution in [3.63, 3.8) is 0 Å². The molecule has 0 bridgehead atoms. The fourth-order valence-electron chi connectivity index (χ4n) is 3.60. The normalized spacial score (nSPS) is 19.1. The number of fused-ring (bicyclic) bond motifs is 3. The van der Waals surface area contributed by atoms with Gasteiger partial charge in [-0.05, 0) is 24.1 Å². The van der Waals surface area contributed by atoms with Crippen LogP contribution < -0.4 is 5.32 Å². The number of anilines is 1. The van der Waals surface area contributed by atoms with Crippen molar-refractivity contribution in [2.45, 2.75) is 26.4 Å². The third-order valence-electron chi connectivity index (χ3n) is 4.97. The van der Waals surface area contributed by atoms with Crippen molar-refractivity contribution in [2.75, 3.05) is 18.4 Å². The number of amides is 3. The maximum Gasteiger partial charge on any atom is 0.322 e. The van der Waals surface area contributed by atoms with Crippen LogP contribution in [0.5, 0.6) is 0 Å². The minimum absolute atomic E-state index is 0.0548. The summed E-state index contributed by atoms with van der Waals surface area (Å²) in [5.41, 5.74) is 2.11. The monoisotopic (exact) mass is 407 g/mol. The van der Waals surface area contributed by atoms with E-state index in [-0.39, 0.29) is 30.1 Å². The molecule has 148 valence electrons. The molecule has 0 fully saturated rings. The number of hydroxylamine groups is 2. The maximum atomic E-state index is 13.3. The Labute approximate surface area is 165 Å². The number of nitrogens with one attached hydrogen (secondary N) is 1. The van der Waals surface area contributed by atoms with Gasteiger partial charge in [-0.2, -0.15) is 5.10 Å². The number of benzene rings is 1. The van der Waals surface area contributed by atoms with E-state index in [0.29, 0.717) is 41.5 Å². The van der Waals surface area contributed by atoms with Crippen LogP contribution in [0, 0.1) is 11.7 Å². The third kappa shape index (κ3) is 3.31. The van der Waals surface area contributed by atoms with Crippen molar-refractivity contribution in [2.24, 2.45) is 5.92 Å². The molecule has 28 heavy (non-hydrogen) atoms. The van der Waals surface area contributed by atoms with E-state index in [4.69, 9.17) is 11.6 Å². The summed E-state index contributed by atoms with van der Waals surface area (Å²) in [6.45, 7) is 3.30. The highest BCUT2D eigenvalue weighted by atomic mass is 35.5. The molecular weight excluding hydrogens is 389 g/mol. The summed E-state index contributed by atoms with van der Waals surface area (Å²) in [5, 5.41) is 17.9. The van der Waals surface area contributed by atoms with Crippen LogP contribution in [-0.2, 0) is 19.5 Å². The number of hydrogen-bond donors (Lipinski definition) is 2. The van der Waals surface area contributed by atoms with Crippen LogP contribution in [0.3, 0.4) is 0 Å². The molecule has 10 heteroatoms. The zero-order valence-electron chi connectivity index (χ0n) is 15.2. The molecule has 0 radical (unpaired) electrons. The summed E-state index contributed by atoms with van der Waals surface area (Å²) in [4.78, 5) is 26.8. The van der Waals surface area contributed by atoms with Crippen LogP contribution in [0.15, 0.2) is 18.2 Å². The first-order chi connectivity index (χ1) is 13.3. The average Bonchev–Trinajstić information content (AvgIpc) is 2.95. The van der Waals surface area contributed by atoms with E-state index in [9.17, 15) is 19.2 Å². The molecule has 2 aromatic rings. The van der Waals surface area contributed by atoms with Gasteiger partial charge in [0.25, 0.3) is 5.91 Å². The van der Waals surface area contributed by atoms with Gasteiger partial charge in [0.05, 0.1) is 23.8 Å². The lowest BCUT2D eigenvalue weighted by atomic mass is 10.1. The Morgan fingerprint density at radius 3 is 2.93 bits per heavy atom. The molecule has 3 heterocycles. The van der Waals surface area contributed by atoms with Gasteiger partial charge in [-0.3, -0.25) is 14.7 Å². The first-order valence-electron chi connectivity index (χ1n) is 8.93. The summed E-state index contributed by atoms with van der Waals surface area (Å²) in [5.74, 6) is -1.02. The minimum Gasteiger partial charge on any atom is -0.320 e. The van der Waals surface area contributed by atoms with Crippen LogP contribution in [0.1, 0.15) is 28.7 Å². The van der Waals surface area contributed by atoms with E-state index in [1.807, 2.05) is 6.92 Å². The van der Waals surface area contributed by atoms with Gasteiger partial charge in [0, 0.05) is 30.8 Å². The Balaban J connectivity index is 1.57. The molecule has 4 rings (SSSR count). The topological polar surface area (TPSA) is 90.7 Å².